The van der Waals surface area contributed by atoms with E-state index in [1.165, 1.54) is 12.1 Å². The van der Waals surface area contributed by atoms with Crippen LogP contribution in [0.5, 0.6) is 0 Å². The first-order valence-corrected chi connectivity index (χ1v) is 10.1. The minimum Gasteiger partial charge on any atom is -0.456 e. The van der Waals surface area contributed by atoms with E-state index in [1.54, 1.807) is 45.0 Å². The van der Waals surface area contributed by atoms with Gasteiger partial charge in [-0.2, -0.15) is 13.2 Å². The molecule has 1 aromatic heterocycles. The molecule has 0 fully saturated rings. The van der Waals surface area contributed by atoms with Gasteiger partial charge in [-0.25, -0.2) is 14.2 Å². The Hall–Kier alpha value is -2.93. The molecule has 0 unspecified atom stereocenters. The summed E-state index contributed by atoms with van der Waals surface area (Å²) in [6.45, 7) is 5.00. The molecule has 3 nitrogen and oxygen atoms in total. The second-order valence-electron chi connectivity index (χ2n) is 8.16. The molecule has 0 radical (unpaired) electrons. The first-order valence-electron chi connectivity index (χ1n) is 9.69. The van der Waals surface area contributed by atoms with Gasteiger partial charge >= 0.3 is 12.1 Å². The van der Waals surface area contributed by atoms with Crippen molar-refractivity contribution in [1.82, 2.24) is 4.98 Å². The predicted octanol–water partition coefficient (Wildman–Crippen LogP) is 7.11. The van der Waals surface area contributed by atoms with Crippen molar-refractivity contribution in [3.8, 4) is 11.3 Å². The van der Waals surface area contributed by atoms with Crippen LogP contribution in [0.3, 0.4) is 0 Å². The highest BCUT2D eigenvalue weighted by molar-refractivity contribution is 6.31. The van der Waals surface area contributed by atoms with Gasteiger partial charge in [-0.05, 0) is 50.6 Å². The Bertz CT molecular complexity index is 1150. The molecular formula is C24H20ClF4NO2. The molecule has 2 aromatic carbocycles. The van der Waals surface area contributed by atoms with E-state index >= 15 is 0 Å². The number of pyridine rings is 1. The highest BCUT2D eigenvalue weighted by Crippen LogP contribution is 2.33. The third-order valence-electron chi connectivity index (χ3n) is 4.45. The first-order chi connectivity index (χ1) is 14.8. The lowest BCUT2D eigenvalue weighted by Gasteiger charge is -2.21. The fraction of sp³-hybridized carbons (Fsp3) is 0.250. The quantitative estimate of drug-likeness (QED) is 0.304. The van der Waals surface area contributed by atoms with E-state index in [0.717, 1.165) is 18.2 Å². The van der Waals surface area contributed by atoms with Crippen molar-refractivity contribution >= 4 is 17.6 Å². The fourth-order valence-electron chi connectivity index (χ4n) is 3.04. The standard InChI is InChI=1S/C24H20ClF4NO2/c1-23(2,3)32-22(31)17-13-19(26)21(15-8-6-9-16(11-15)24(27,28)29)30-20(17)12-14-7-4-5-10-18(14)25/h4-11,13H,12H2,1-3H3. The molecule has 0 bridgehead atoms. The second-order valence-corrected chi connectivity index (χ2v) is 8.57. The Morgan fingerprint density at radius 3 is 2.34 bits per heavy atom. The van der Waals surface area contributed by atoms with Crippen LogP contribution in [0.4, 0.5) is 17.6 Å². The topological polar surface area (TPSA) is 39.2 Å². The van der Waals surface area contributed by atoms with E-state index < -0.39 is 29.1 Å². The lowest BCUT2D eigenvalue weighted by atomic mass is 10.0. The van der Waals surface area contributed by atoms with Gasteiger partial charge in [0, 0.05) is 17.0 Å². The smallest absolute Gasteiger partial charge is 0.416 e. The van der Waals surface area contributed by atoms with E-state index in [2.05, 4.69) is 4.98 Å². The lowest BCUT2D eigenvalue weighted by Crippen LogP contribution is -2.25. The molecule has 0 amide bonds. The molecule has 0 spiro atoms. The maximum atomic E-state index is 15.0. The maximum absolute atomic E-state index is 15.0. The van der Waals surface area contributed by atoms with Crippen molar-refractivity contribution in [2.45, 2.75) is 39.0 Å². The molecule has 0 aliphatic carbocycles. The molecule has 1 heterocycles. The van der Waals surface area contributed by atoms with Crippen molar-refractivity contribution in [3.05, 3.63) is 87.8 Å². The predicted molar refractivity (Wildman–Crippen MR) is 114 cm³/mol. The fourth-order valence-corrected chi connectivity index (χ4v) is 3.24. The number of hydrogen-bond donors (Lipinski definition) is 0. The number of nitrogens with zero attached hydrogens (tertiary/aromatic N) is 1. The average molecular weight is 466 g/mol. The molecule has 3 rings (SSSR count). The molecule has 0 aliphatic rings. The van der Waals surface area contributed by atoms with Crippen molar-refractivity contribution in [2.24, 2.45) is 0 Å². The van der Waals surface area contributed by atoms with Crippen LogP contribution >= 0.6 is 11.6 Å². The first kappa shape index (κ1) is 23.7. The normalized spacial score (nSPS) is 12.0. The minimum atomic E-state index is -4.59. The number of carbonyl (C=O) groups excluding carboxylic acids is 1. The highest BCUT2D eigenvalue weighted by Gasteiger charge is 2.31. The van der Waals surface area contributed by atoms with Crippen LogP contribution in [0.15, 0.2) is 54.6 Å². The van der Waals surface area contributed by atoms with E-state index in [-0.39, 0.29) is 28.9 Å². The Kier molecular flexibility index (Phi) is 6.60. The third kappa shape index (κ3) is 5.65. The van der Waals surface area contributed by atoms with E-state index in [1.807, 2.05) is 0 Å². The highest BCUT2D eigenvalue weighted by atomic mass is 35.5. The number of alkyl halides is 3. The van der Waals surface area contributed by atoms with E-state index in [0.29, 0.717) is 10.6 Å². The van der Waals surface area contributed by atoms with Gasteiger partial charge in [0.15, 0.2) is 0 Å². The van der Waals surface area contributed by atoms with Gasteiger partial charge in [0.2, 0.25) is 0 Å². The van der Waals surface area contributed by atoms with Crippen LogP contribution in [0.1, 0.15) is 48.0 Å². The minimum absolute atomic E-state index is 0.0560. The number of halogens is 5. The van der Waals surface area contributed by atoms with Gasteiger partial charge in [-0.1, -0.05) is 41.9 Å². The number of carbonyl (C=O) groups is 1. The molecule has 0 N–H and O–H groups in total. The van der Waals surface area contributed by atoms with Gasteiger partial charge in [0.25, 0.3) is 0 Å². The number of esters is 1. The second kappa shape index (κ2) is 8.90. The summed E-state index contributed by atoms with van der Waals surface area (Å²) in [5, 5.41) is 0.411. The Labute approximate surface area is 188 Å². The van der Waals surface area contributed by atoms with Gasteiger partial charge < -0.3 is 4.74 Å². The lowest BCUT2D eigenvalue weighted by molar-refractivity contribution is -0.137. The Morgan fingerprint density at radius 2 is 1.72 bits per heavy atom. The monoisotopic (exact) mass is 465 g/mol. The van der Waals surface area contributed by atoms with Crippen LogP contribution in [-0.4, -0.2) is 16.6 Å². The van der Waals surface area contributed by atoms with Crippen LogP contribution in [0.2, 0.25) is 5.02 Å². The maximum Gasteiger partial charge on any atom is 0.416 e. The van der Waals surface area contributed by atoms with Gasteiger partial charge in [0.1, 0.15) is 17.1 Å². The molecule has 0 aliphatic heterocycles. The van der Waals surface area contributed by atoms with Crippen LogP contribution in [-0.2, 0) is 17.3 Å². The summed E-state index contributed by atoms with van der Waals surface area (Å²) >= 11 is 6.23. The average Bonchev–Trinajstić information content (AvgIpc) is 2.69. The molecule has 0 saturated heterocycles. The Balaban J connectivity index is 2.15. The summed E-state index contributed by atoms with van der Waals surface area (Å²) in [5.41, 5.74) is -1.49. The number of rotatable bonds is 4. The summed E-state index contributed by atoms with van der Waals surface area (Å²) in [6.07, 6.45) is -4.54. The summed E-state index contributed by atoms with van der Waals surface area (Å²) in [4.78, 5) is 17.0. The zero-order valence-electron chi connectivity index (χ0n) is 17.6. The summed E-state index contributed by atoms with van der Waals surface area (Å²) < 4.78 is 59.7. The summed E-state index contributed by atoms with van der Waals surface area (Å²) in [7, 11) is 0. The number of benzene rings is 2. The summed E-state index contributed by atoms with van der Waals surface area (Å²) in [5.74, 6) is -1.73. The van der Waals surface area contributed by atoms with Crippen LogP contribution in [0.25, 0.3) is 11.3 Å². The molecule has 32 heavy (non-hydrogen) atoms. The number of hydrogen-bond acceptors (Lipinski definition) is 3. The zero-order chi connectivity index (χ0) is 23.7. The van der Waals surface area contributed by atoms with E-state index in [9.17, 15) is 22.4 Å². The Morgan fingerprint density at radius 1 is 1.03 bits per heavy atom. The molecule has 168 valence electrons. The van der Waals surface area contributed by atoms with Gasteiger partial charge in [-0.15, -0.1) is 0 Å². The number of ether oxygens (including phenoxy) is 1. The molecule has 8 heteroatoms. The molecule has 0 saturated carbocycles. The van der Waals surface area contributed by atoms with Gasteiger partial charge in [0.05, 0.1) is 16.8 Å². The van der Waals surface area contributed by atoms with E-state index in [4.69, 9.17) is 16.3 Å². The van der Waals surface area contributed by atoms with Crippen molar-refractivity contribution in [2.75, 3.05) is 0 Å². The largest absolute Gasteiger partial charge is 0.456 e. The SMILES string of the molecule is CC(C)(C)OC(=O)c1cc(F)c(-c2cccc(C(F)(F)F)c2)nc1Cc1ccccc1Cl. The van der Waals surface area contributed by atoms with Crippen molar-refractivity contribution < 1.29 is 27.1 Å². The molecule has 0 atom stereocenters. The summed E-state index contributed by atoms with van der Waals surface area (Å²) in [6, 6.07) is 12.0. The van der Waals surface area contributed by atoms with Crippen molar-refractivity contribution in [3.63, 3.8) is 0 Å². The molecular weight excluding hydrogens is 446 g/mol. The van der Waals surface area contributed by atoms with Crippen LogP contribution < -0.4 is 0 Å². The van der Waals surface area contributed by atoms with Crippen LogP contribution in [0, 0.1) is 5.82 Å². The molecule has 3 aromatic rings. The zero-order valence-corrected chi connectivity index (χ0v) is 18.3. The van der Waals surface area contributed by atoms with Gasteiger partial charge in [-0.3, -0.25) is 0 Å². The third-order valence-corrected chi connectivity index (χ3v) is 4.82. The van der Waals surface area contributed by atoms with Crippen molar-refractivity contribution in [1.29, 1.82) is 0 Å². The number of aromatic nitrogens is 1.